The number of nitrogens with one attached hydrogen (secondary N) is 1. The smallest absolute Gasteiger partial charge is 0.305 e. The molecule has 0 bridgehead atoms. The number of rotatable bonds is 5. The monoisotopic (exact) mass is 244 g/mol. The minimum atomic E-state index is -0.914. The molecule has 2 atom stereocenters. The number of hydrogen-bond donors (Lipinski definition) is 3. The van der Waals surface area contributed by atoms with E-state index in [9.17, 15) is 14.7 Å². The topological polar surface area (TPSA) is 89.9 Å². The fraction of sp³-hybridized carbons (Fsp3) is 0.818. The van der Waals surface area contributed by atoms with E-state index in [1.54, 1.807) is 4.90 Å². The van der Waals surface area contributed by atoms with Gasteiger partial charge in [0, 0.05) is 19.1 Å². The van der Waals surface area contributed by atoms with Crippen molar-refractivity contribution in [3.8, 4) is 0 Å². The second-order valence-corrected chi connectivity index (χ2v) is 4.62. The number of hydrogen-bond acceptors (Lipinski definition) is 4. The van der Waals surface area contributed by atoms with Crippen LogP contribution < -0.4 is 5.32 Å². The van der Waals surface area contributed by atoms with Crippen LogP contribution in [0.3, 0.4) is 0 Å². The summed E-state index contributed by atoms with van der Waals surface area (Å²) in [5, 5.41) is 20.9. The van der Waals surface area contributed by atoms with Gasteiger partial charge < -0.3 is 20.4 Å². The van der Waals surface area contributed by atoms with E-state index >= 15 is 0 Å². The van der Waals surface area contributed by atoms with E-state index in [1.807, 2.05) is 13.8 Å². The highest BCUT2D eigenvalue weighted by Crippen LogP contribution is 2.12. The molecule has 17 heavy (non-hydrogen) atoms. The second kappa shape index (κ2) is 5.97. The van der Waals surface area contributed by atoms with E-state index in [-0.39, 0.29) is 31.0 Å². The first-order valence-electron chi connectivity index (χ1n) is 5.85. The minimum Gasteiger partial charge on any atom is -0.481 e. The number of carbonyl (C=O) groups excluding carboxylic acids is 1. The minimum absolute atomic E-state index is 0.0404. The van der Waals surface area contributed by atoms with Crippen molar-refractivity contribution in [3.63, 3.8) is 0 Å². The molecule has 1 rings (SSSR count). The average molecular weight is 244 g/mol. The molecule has 2 unspecified atom stereocenters. The number of carboxylic acid groups (broad SMARTS) is 1. The lowest BCUT2D eigenvalue weighted by Crippen LogP contribution is -2.47. The van der Waals surface area contributed by atoms with Gasteiger partial charge in [0.1, 0.15) is 0 Å². The van der Waals surface area contributed by atoms with E-state index in [1.165, 1.54) is 0 Å². The van der Waals surface area contributed by atoms with Gasteiger partial charge in [0.05, 0.1) is 18.6 Å². The molecule has 1 heterocycles. The Balaban J connectivity index is 2.57. The molecule has 0 saturated carbocycles. The van der Waals surface area contributed by atoms with Crippen molar-refractivity contribution in [2.75, 3.05) is 13.1 Å². The Bertz CT molecular complexity index is 293. The molecule has 1 aliphatic rings. The highest BCUT2D eigenvalue weighted by Gasteiger charge is 2.32. The van der Waals surface area contributed by atoms with Crippen molar-refractivity contribution in [1.29, 1.82) is 0 Å². The van der Waals surface area contributed by atoms with Gasteiger partial charge in [-0.2, -0.15) is 0 Å². The van der Waals surface area contributed by atoms with Gasteiger partial charge in [0.15, 0.2) is 0 Å². The lowest BCUT2D eigenvalue weighted by atomic mass is 10.1. The quantitative estimate of drug-likeness (QED) is 0.602. The molecule has 1 saturated heterocycles. The maximum atomic E-state index is 12.1. The van der Waals surface area contributed by atoms with Gasteiger partial charge in [-0.25, -0.2) is 0 Å². The Morgan fingerprint density at radius 3 is 2.53 bits per heavy atom. The normalized spacial score (nSPS) is 24.0. The van der Waals surface area contributed by atoms with Crippen molar-refractivity contribution in [2.45, 2.75) is 44.9 Å². The van der Waals surface area contributed by atoms with Crippen molar-refractivity contribution < 1.29 is 19.8 Å². The predicted molar refractivity (Wildman–Crippen MR) is 61.5 cm³/mol. The molecule has 0 aliphatic carbocycles. The fourth-order valence-corrected chi connectivity index (χ4v) is 1.94. The van der Waals surface area contributed by atoms with Crippen LogP contribution in [0.2, 0.25) is 0 Å². The van der Waals surface area contributed by atoms with E-state index in [2.05, 4.69) is 5.32 Å². The van der Waals surface area contributed by atoms with Crippen LogP contribution in [0.25, 0.3) is 0 Å². The van der Waals surface area contributed by atoms with Gasteiger partial charge in [-0.05, 0) is 20.3 Å². The number of aliphatic hydroxyl groups excluding tert-OH is 1. The standard InChI is InChI=1S/C11H20N2O4/c1-7(2)13(4-3-10(15)16)11(17)9-5-8(14)6-12-9/h7-9,12,14H,3-6H2,1-2H3,(H,15,16). The average Bonchev–Trinajstić information content (AvgIpc) is 2.63. The van der Waals surface area contributed by atoms with Crippen LogP contribution in [0.5, 0.6) is 0 Å². The van der Waals surface area contributed by atoms with Crippen LogP contribution in [0, 0.1) is 0 Å². The lowest BCUT2D eigenvalue weighted by molar-refractivity contribution is -0.139. The molecule has 1 amide bonds. The molecule has 3 N–H and O–H groups in total. The van der Waals surface area contributed by atoms with Gasteiger partial charge in [-0.3, -0.25) is 9.59 Å². The predicted octanol–water partition coefficient (Wildman–Crippen LogP) is -0.579. The van der Waals surface area contributed by atoms with Crippen LogP contribution in [0.4, 0.5) is 0 Å². The van der Waals surface area contributed by atoms with Gasteiger partial charge in [-0.15, -0.1) is 0 Å². The summed E-state index contributed by atoms with van der Waals surface area (Å²) >= 11 is 0. The summed E-state index contributed by atoms with van der Waals surface area (Å²) in [6, 6.07) is -0.428. The Kier molecular flexibility index (Phi) is 4.89. The molecule has 0 aromatic heterocycles. The number of carbonyl (C=O) groups is 2. The Morgan fingerprint density at radius 1 is 1.47 bits per heavy atom. The summed E-state index contributed by atoms with van der Waals surface area (Å²) in [6.07, 6.45) is -0.147. The first-order valence-corrected chi connectivity index (χ1v) is 5.85. The number of carboxylic acids is 1. The summed E-state index contributed by atoms with van der Waals surface area (Å²) < 4.78 is 0. The molecular weight excluding hydrogens is 224 g/mol. The molecule has 1 fully saturated rings. The SMILES string of the molecule is CC(C)N(CCC(=O)O)C(=O)C1CC(O)CN1. The Hall–Kier alpha value is -1.14. The maximum absolute atomic E-state index is 12.1. The third-order valence-corrected chi connectivity index (χ3v) is 2.88. The number of β-amino-alcohol motifs (C(OH)–C–C–N with tert-alkyl or cyclic N) is 1. The highest BCUT2D eigenvalue weighted by molar-refractivity contribution is 5.83. The number of aliphatic carboxylic acids is 1. The van der Waals surface area contributed by atoms with Crippen LogP contribution in [0.1, 0.15) is 26.7 Å². The zero-order valence-electron chi connectivity index (χ0n) is 10.2. The van der Waals surface area contributed by atoms with Gasteiger partial charge in [0.2, 0.25) is 5.91 Å². The summed E-state index contributed by atoms with van der Waals surface area (Å²) in [4.78, 5) is 24.2. The number of amides is 1. The summed E-state index contributed by atoms with van der Waals surface area (Å²) in [7, 11) is 0. The van der Waals surface area contributed by atoms with Gasteiger partial charge >= 0.3 is 5.97 Å². The van der Waals surface area contributed by atoms with Gasteiger partial charge in [-0.1, -0.05) is 0 Å². The molecule has 6 heteroatoms. The Morgan fingerprint density at radius 2 is 2.12 bits per heavy atom. The van der Waals surface area contributed by atoms with Crippen LogP contribution in [-0.2, 0) is 9.59 Å². The van der Waals surface area contributed by atoms with E-state index in [0.717, 1.165) is 0 Å². The zero-order chi connectivity index (χ0) is 13.0. The number of aliphatic hydroxyl groups is 1. The molecule has 1 aliphatic heterocycles. The van der Waals surface area contributed by atoms with E-state index in [0.29, 0.717) is 13.0 Å². The number of nitrogens with zero attached hydrogens (tertiary/aromatic N) is 1. The molecule has 0 spiro atoms. The fourth-order valence-electron chi connectivity index (χ4n) is 1.94. The van der Waals surface area contributed by atoms with Crippen molar-refractivity contribution in [3.05, 3.63) is 0 Å². The van der Waals surface area contributed by atoms with Crippen LogP contribution >= 0.6 is 0 Å². The summed E-state index contributed by atoms with van der Waals surface area (Å²) in [5.74, 6) is -1.04. The lowest BCUT2D eigenvalue weighted by Gasteiger charge is -2.28. The van der Waals surface area contributed by atoms with Crippen molar-refractivity contribution in [2.24, 2.45) is 0 Å². The summed E-state index contributed by atoms with van der Waals surface area (Å²) in [5.41, 5.74) is 0. The highest BCUT2D eigenvalue weighted by atomic mass is 16.4. The molecule has 0 aromatic rings. The second-order valence-electron chi connectivity index (χ2n) is 4.62. The van der Waals surface area contributed by atoms with E-state index in [4.69, 9.17) is 5.11 Å². The first kappa shape index (κ1) is 13.9. The largest absolute Gasteiger partial charge is 0.481 e. The molecule has 0 radical (unpaired) electrons. The molecule has 6 nitrogen and oxygen atoms in total. The molecule has 98 valence electrons. The van der Waals surface area contributed by atoms with Crippen molar-refractivity contribution >= 4 is 11.9 Å². The third kappa shape index (κ3) is 3.98. The third-order valence-electron chi connectivity index (χ3n) is 2.88. The summed E-state index contributed by atoms with van der Waals surface area (Å²) in [6.45, 7) is 4.33. The first-order chi connectivity index (χ1) is 7.91. The maximum Gasteiger partial charge on any atom is 0.305 e. The molecule has 0 aromatic carbocycles. The molecular formula is C11H20N2O4. The van der Waals surface area contributed by atoms with Crippen molar-refractivity contribution in [1.82, 2.24) is 10.2 Å². The zero-order valence-corrected chi connectivity index (χ0v) is 10.2. The Labute approximate surface area is 101 Å². The van der Waals surface area contributed by atoms with Crippen LogP contribution in [-0.4, -0.2) is 58.3 Å². The van der Waals surface area contributed by atoms with E-state index < -0.39 is 12.1 Å². The van der Waals surface area contributed by atoms with Gasteiger partial charge in [0.25, 0.3) is 0 Å². The van der Waals surface area contributed by atoms with Crippen LogP contribution in [0.15, 0.2) is 0 Å².